The molecule has 6 atom stereocenters. The van der Waals surface area contributed by atoms with E-state index < -0.39 is 59.9 Å². The number of ether oxygens (including phenoxy) is 1. The second-order valence-electron chi connectivity index (χ2n) is 16.1. The van der Waals surface area contributed by atoms with Gasteiger partial charge in [-0.3, -0.25) is 38.6 Å². The lowest BCUT2D eigenvalue weighted by Gasteiger charge is -2.26. The summed E-state index contributed by atoms with van der Waals surface area (Å²) in [5.74, 6) is -3.40. The van der Waals surface area contributed by atoms with Gasteiger partial charge in [0, 0.05) is 75.8 Å². The molecule has 6 amide bonds. The molecule has 19 heteroatoms. The number of hydrogen-bond donors (Lipinski definition) is 10. The molecule has 0 bridgehead atoms. The van der Waals surface area contributed by atoms with Crippen LogP contribution >= 0.6 is 0 Å². The first-order valence-electron chi connectivity index (χ1n) is 20.8. The normalized spacial score (nSPS) is 21.6. The van der Waals surface area contributed by atoms with E-state index in [4.69, 9.17) is 21.9 Å². The minimum Gasteiger partial charge on any atom is -0.481 e. The first kappa shape index (κ1) is 52.2. The van der Waals surface area contributed by atoms with Crippen molar-refractivity contribution in [2.75, 3.05) is 26.3 Å². The summed E-state index contributed by atoms with van der Waals surface area (Å²) in [6.45, 7) is 9.73. The smallest absolute Gasteiger partial charge is 0.305 e. The van der Waals surface area contributed by atoms with Gasteiger partial charge in [0.1, 0.15) is 0 Å². The lowest BCUT2D eigenvalue weighted by atomic mass is 9.98. The molecule has 0 aliphatic carbocycles. The molecule has 0 saturated heterocycles. The molecule has 0 saturated carbocycles. The van der Waals surface area contributed by atoms with Crippen LogP contribution in [0.1, 0.15) is 118 Å². The zero-order valence-corrected chi connectivity index (χ0v) is 35.7. The third-order valence-electron chi connectivity index (χ3n) is 9.46. The highest BCUT2D eigenvalue weighted by Gasteiger charge is 2.27. The van der Waals surface area contributed by atoms with Gasteiger partial charge < -0.3 is 58.9 Å². The van der Waals surface area contributed by atoms with Crippen LogP contribution in [-0.4, -0.2) is 115 Å². The van der Waals surface area contributed by atoms with Gasteiger partial charge in [0.05, 0.1) is 25.7 Å². The Hall–Kier alpha value is -4.78. The lowest BCUT2D eigenvalue weighted by molar-refractivity contribution is -0.138. The van der Waals surface area contributed by atoms with Gasteiger partial charge in [0.2, 0.25) is 35.4 Å². The number of hydrogen-bond acceptors (Lipinski definition) is 10. The summed E-state index contributed by atoms with van der Waals surface area (Å²) >= 11 is 0. The van der Waals surface area contributed by atoms with Crippen molar-refractivity contribution >= 4 is 47.4 Å². The summed E-state index contributed by atoms with van der Waals surface area (Å²) in [5, 5.41) is 26.7. The monoisotopic (exact) mass is 837 g/mol. The minimum atomic E-state index is -1.03. The van der Waals surface area contributed by atoms with E-state index in [1.807, 2.05) is 27.7 Å². The van der Waals surface area contributed by atoms with Crippen molar-refractivity contribution in [3.63, 3.8) is 0 Å². The van der Waals surface area contributed by atoms with Crippen molar-refractivity contribution in [3.8, 4) is 0 Å². The molecule has 13 N–H and O–H groups in total. The number of unbranched alkanes of at least 4 members (excludes halogenated alkanes) is 1. The number of aliphatic imine (C=N–C) groups is 1. The van der Waals surface area contributed by atoms with Crippen molar-refractivity contribution in [1.82, 2.24) is 31.9 Å². The van der Waals surface area contributed by atoms with Crippen LogP contribution < -0.4 is 49.1 Å². The molecule has 1 unspecified atom stereocenters. The van der Waals surface area contributed by atoms with Gasteiger partial charge in [-0.05, 0) is 56.9 Å². The van der Waals surface area contributed by atoms with Gasteiger partial charge in [0.15, 0.2) is 5.96 Å². The van der Waals surface area contributed by atoms with Crippen LogP contribution in [0.2, 0.25) is 0 Å². The van der Waals surface area contributed by atoms with Gasteiger partial charge in [-0.2, -0.15) is 0 Å². The predicted molar refractivity (Wildman–Crippen MR) is 224 cm³/mol. The fourth-order valence-electron chi connectivity index (χ4n) is 6.70. The Morgan fingerprint density at radius 1 is 0.864 bits per heavy atom. The summed E-state index contributed by atoms with van der Waals surface area (Å²) < 4.78 is 5.86. The Bertz CT molecular complexity index is 1400. The number of carboxylic acids is 1. The van der Waals surface area contributed by atoms with Crippen LogP contribution in [0.5, 0.6) is 0 Å². The van der Waals surface area contributed by atoms with Crippen LogP contribution in [0.4, 0.5) is 0 Å². The third-order valence-corrected chi connectivity index (χ3v) is 9.46. The van der Waals surface area contributed by atoms with Crippen LogP contribution in [0, 0.1) is 11.8 Å². The maximum absolute atomic E-state index is 13.5. The number of carbonyl (C=O) groups is 7. The van der Waals surface area contributed by atoms with E-state index in [-0.39, 0.29) is 93.7 Å². The molecule has 1 aliphatic rings. The molecule has 0 aromatic rings. The first-order chi connectivity index (χ1) is 27.9. The Balaban J connectivity index is 3.33. The molecular weight excluding hydrogens is 765 g/mol. The molecule has 0 aromatic heterocycles. The largest absolute Gasteiger partial charge is 0.481 e. The quantitative estimate of drug-likeness (QED) is 0.0341. The Kier molecular flexibility index (Phi) is 26.1. The number of amides is 6. The van der Waals surface area contributed by atoms with Crippen molar-refractivity contribution in [2.24, 2.45) is 34.0 Å². The van der Waals surface area contributed by atoms with Gasteiger partial charge in [0.25, 0.3) is 0 Å². The first-order valence-corrected chi connectivity index (χ1v) is 20.8. The molecule has 0 fully saturated rings. The van der Waals surface area contributed by atoms with Crippen LogP contribution in [0.3, 0.4) is 0 Å². The number of carbonyl (C=O) groups excluding carboxylic acids is 6. The Labute approximate surface area is 349 Å². The van der Waals surface area contributed by atoms with E-state index in [9.17, 15) is 38.7 Å². The molecule has 19 nitrogen and oxygen atoms in total. The fraction of sp³-hybridized carbons (Fsp3) is 0.750. The molecule has 1 heterocycles. The molecule has 0 aromatic carbocycles. The Morgan fingerprint density at radius 2 is 1.54 bits per heavy atom. The highest BCUT2D eigenvalue weighted by Crippen LogP contribution is 2.13. The lowest BCUT2D eigenvalue weighted by Crippen LogP contribution is -2.48. The maximum Gasteiger partial charge on any atom is 0.305 e. The Morgan fingerprint density at radius 3 is 2.17 bits per heavy atom. The number of rotatable bonds is 20. The molecule has 59 heavy (non-hydrogen) atoms. The van der Waals surface area contributed by atoms with Crippen LogP contribution in [0.25, 0.3) is 0 Å². The van der Waals surface area contributed by atoms with Crippen LogP contribution in [0.15, 0.2) is 17.1 Å². The molecule has 1 aliphatic heterocycles. The number of guanidine groups is 1. The summed E-state index contributed by atoms with van der Waals surface area (Å²) in [7, 11) is 0. The molecule has 0 spiro atoms. The predicted octanol–water partition coefficient (Wildman–Crippen LogP) is 0.202. The SMILES string of the molecule is CC(=O)N[C@@H](CCCN=C(N)N)CC(=O)N[C@H]1COC/C=C/CC(CC(=O)N[C@@H](CC(=O)O)CC(C)C)NC(=O)C[C@H](CCCCN)NC(=O)C[C@H](C(C)C)NC(=O)C1. The van der Waals surface area contributed by atoms with Crippen LogP contribution in [-0.2, 0) is 38.3 Å². The number of carboxylic acid groups (broad SMARTS) is 1. The zero-order chi connectivity index (χ0) is 44.3. The highest BCUT2D eigenvalue weighted by molar-refractivity contribution is 5.84. The van der Waals surface area contributed by atoms with E-state index in [0.29, 0.717) is 51.6 Å². The van der Waals surface area contributed by atoms with E-state index >= 15 is 0 Å². The third kappa shape index (κ3) is 26.8. The standard InChI is InChI=1S/C40H72N10O9/c1-25(2)17-31(22-39(57)58)48-35(53)20-30-12-7-9-16-59-24-32(49-36(54)18-28(45-27(5)51)13-10-15-44-40(42)43)21-37(55)50-33(26(3)4)23-38(56)47-29(11-6-8-14-41)19-34(52)46-30/h7,9,25-26,28-33H,6,8,10-24,41H2,1-5H3,(H,45,51)(H,46,52)(H,47,56)(H,48,53)(H,49,54)(H,50,55)(H,57,58)(H4,42,43,44)/b9-7+/t28-,29-,30?,31+,32+,33+/m0/s1. The number of nitrogens with two attached hydrogens (primary N) is 3. The van der Waals surface area contributed by atoms with Gasteiger partial charge >= 0.3 is 5.97 Å². The second kappa shape index (κ2) is 29.4. The number of nitrogens with one attached hydrogen (secondary N) is 6. The zero-order valence-electron chi connectivity index (χ0n) is 35.7. The van der Waals surface area contributed by atoms with Crippen molar-refractivity contribution in [3.05, 3.63) is 12.2 Å². The number of nitrogens with zero attached hydrogens (tertiary/aromatic N) is 1. The summed E-state index contributed by atoms with van der Waals surface area (Å²) in [4.78, 5) is 94.1. The van der Waals surface area contributed by atoms with E-state index in [1.54, 1.807) is 12.2 Å². The second-order valence-corrected chi connectivity index (χ2v) is 16.1. The topological polar surface area (TPSA) is 312 Å². The van der Waals surface area contributed by atoms with Gasteiger partial charge in [-0.15, -0.1) is 0 Å². The van der Waals surface area contributed by atoms with E-state index in [2.05, 4.69) is 36.9 Å². The number of aliphatic carboxylic acids is 1. The van der Waals surface area contributed by atoms with E-state index in [1.165, 1.54) is 6.92 Å². The highest BCUT2D eigenvalue weighted by atomic mass is 16.5. The fourth-order valence-corrected chi connectivity index (χ4v) is 6.70. The average molecular weight is 837 g/mol. The minimum absolute atomic E-state index is 0.0561. The van der Waals surface area contributed by atoms with E-state index in [0.717, 1.165) is 0 Å². The average Bonchev–Trinajstić information content (AvgIpc) is 3.09. The van der Waals surface area contributed by atoms with Crippen molar-refractivity contribution in [2.45, 2.75) is 154 Å². The summed E-state index contributed by atoms with van der Waals surface area (Å²) in [6, 6.07) is -3.65. The van der Waals surface area contributed by atoms with Crippen molar-refractivity contribution < 1.29 is 43.4 Å². The molecular formula is C40H72N10O9. The summed E-state index contributed by atoms with van der Waals surface area (Å²) in [6.07, 6.45) is 6.17. The van der Waals surface area contributed by atoms with Gasteiger partial charge in [-0.25, -0.2) is 0 Å². The van der Waals surface area contributed by atoms with Gasteiger partial charge in [-0.1, -0.05) is 46.3 Å². The van der Waals surface area contributed by atoms with Crippen molar-refractivity contribution in [1.29, 1.82) is 0 Å². The maximum atomic E-state index is 13.5. The molecule has 336 valence electrons. The molecule has 1 rings (SSSR count). The summed E-state index contributed by atoms with van der Waals surface area (Å²) in [5.41, 5.74) is 16.5. The molecule has 0 radical (unpaired) electrons.